The fourth-order valence-electron chi connectivity index (χ4n) is 5.58. The minimum absolute atomic E-state index is 0.0235. The van der Waals surface area contributed by atoms with Crippen molar-refractivity contribution in [2.24, 2.45) is 0 Å². The second kappa shape index (κ2) is 8.07. The lowest BCUT2D eigenvalue weighted by Gasteiger charge is -2.45. The van der Waals surface area contributed by atoms with Gasteiger partial charge < -0.3 is 14.6 Å². The monoisotopic (exact) mass is 439 g/mol. The Morgan fingerprint density at radius 1 is 1.06 bits per heavy atom. The predicted molar refractivity (Wildman–Crippen MR) is 132 cm³/mol. The number of hydrogen-bond donors (Lipinski definition) is 1. The van der Waals surface area contributed by atoms with Crippen LogP contribution in [0.5, 0.6) is 5.75 Å². The van der Waals surface area contributed by atoms with Gasteiger partial charge in [0.25, 0.3) is 0 Å². The molecule has 0 spiro atoms. The third kappa shape index (κ3) is 3.30. The van der Waals surface area contributed by atoms with Crippen molar-refractivity contribution in [2.45, 2.75) is 44.7 Å². The van der Waals surface area contributed by atoms with Crippen LogP contribution in [0.2, 0.25) is 0 Å². The molecule has 0 bridgehead atoms. The standard InChI is InChI=1S/C28H29N3O2/c1-5-24-29-28(33)27(32)26-18(4)30(17(2)3)16-23(31(24)26)25-21-12-8-6-10-19(21)14-15-20-11-7-9-13-22(20)25/h5-13,17,23,25,32H,1,4,14-16H2,2-3H3. The lowest BCUT2D eigenvalue weighted by atomic mass is 9.81. The van der Waals surface area contributed by atoms with Gasteiger partial charge in [-0.15, -0.1) is 0 Å². The largest absolute Gasteiger partial charge is 0.501 e. The average molecular weight is 440 g/mol. The molecular weight excluding hydrogens is 410 g/mol. The fourth-order valence-corrected chi connectivity index (χ4v) is 5.58. The zero-order valence-corrected chi connectivity index (χ0v) is 19.2. The van der Waals surface area contributed by atoms with E-state index in [2.05, 4.69) is 85.4 Å². The van der Waals surface area contributed by atoms with Crippen LogP contribution in [0.3, 0.4) is 0 Å². The molecule has 5 nitrogen and oxygen atoms in total. The summed E-state index contributed by atoms with van der Waals surface area (Å²) >= 11 is 0. The van der Waals surface area contributed by atoms with Crippen LogP contribution >= 0.6 is 0 Å². The van der Waals surface area contributed by atoms with E-state index in [9.17, 15) is 9.90 Å². The highest BCUT2D eigenvalue weighted by atomic mass is 16.3. The second-order valence-electron chi connectivity index (χ2n) is 9.18. The first kappa shape index (κ1) is 21.3. The molecule has 1 unspecified atom stereocenters. The summed E-state index contributed by atoms with van der Waals surface area (Å²) in [6, 6.07) is 17.3. The van der Waals surface area contributed by atoms with Gasteiger partial charge in [-0.1, -0.05) is 61.7 Å². The summed E-state index contributed by atoms with van der Waals surface area (Å²) in [7, 11) is 0. The van der Waals surface area contributed by atoms with Crippen LogP contribution in [-0.4, -0.2) is 32.1 Å². The first-order chi connectivity index (χ1) is 15.9. The summed E-state index contributed by atoms with van der Waals surface area (Å²) in [5, 5.41) is 10.9. The molecule has 1 atom stereocenters. The lowest BCUT2D eigenvalue weighted by Crippen LogP contribution is -2.44. The maximum Gasteiger partial charge on any atom is 0.316 e. The Labute approximate surface area is 194 Å². The molecule has 5 rings (SSSR count). The fraction of sp³-hybridized carbons (Fsp3) is 0.286. The van der Waals surface area contributed by atoms with Crippen molar-refractivity contribution in [1.82, 2.24) is 14.5 Å². The van der Waals surface area contributed by atoms with Crippen molar-refractivity contribution < 1.29 is 5.11 Å². The Bertz CT molecular complexity index is 1270. The van der Waals surface area contributed by atoms with Crippen LogP contribution in [0, 0.1) is 0 Å². The molecule has 33 heavy (non-hydrogen) atoms. The van der Waals surface area contributed by atoms with E-state index in [1.807, 2.05) is 4.57 Å². The molecule has 0 saturated heterocycles. The van der Waals surface area contributed by atoms with E-state index in [0.717, 1.165) is 12.8 Å². The Balaban J connectivity index is 1.85. The lowest BCUT2D eigenvalue weighted by molar-refractivity contribution is 0.231. The number of nitrogens with zero attached hydrogens (tertiary/aromatic N) is 3. The maximum absolute atomic E-state index is 12.5. The van der Waals surface area contributed by atoms with Gasteiger partial charge in [0, 0.05) is 18.5 Å². The van der Waals surface area contributed by atoms with Gasteiger partial charge in [-0.05, 0) is 55.0 Å². The molecule has 0 amide bonds. The van der Waals surface area contributed by atoms with Crippen LogP contribution in [0.4, 0.5) is 0 Å². The maximum atomic E-state index is 12.5. The van der Waals surface area contributed by atoms with E-state index < -0.39 is 5.56 Å². The highest BCUT2D eigenvalue weighted by Gasteiger charge is 2.40. The molecule has 5 heteroatoms. The van der Waals surface area contributed by atoms with E-state index in [1.54, 1.807) is 6.08 Å². The summed E-state index contributed by atoms with van der Waals surface area (Å²) < 4.78 is 1.99. The Kier molecular flexibility index (Phi) is 5.20. The minimum Gasteiger partial charge on any atom is -0.501 e. The number of aryl methyl sites for hydroxylation is 2. The molecule has 3 aromatic rings. The normalized spacial score (nSPS) is 17.8. The van der Waals surface area contributed by atoms with Crippen LogP contribution in [0.1, 0.15) is 59.6 Å². The summed E-state index contributed by atoms with van der Waals surface area (Å²) in [5.41, 5.74) is 5.65. The van der Waals surface area contributed by atoms with Gasteiger partial charge in [0.05, 0.1) is 11.7 Å². The summed E-state index contributed by atoms with van der Waals surface area (Å²) in [6.07, 6.45) is 3.56. The topological polar surface area (TPSA) is 58.4 Å². The second-order valence-corrected chi connectivity index (χ2v) is 9.18. The van der Waals surface area contributed by atoms with Crippen molar-refractivity contribution >= 4 is 11.8 Å². The molecular formula is C28H29N3O2. The molecule has 0 radical (unpaired) electrons. The van der Waals surface area contributed by atoms with Gasteiger partial charge in [-0.25, -0.2) is 0 Å². The zero-order valence-electron chi connectivity index (χ0n) is 19.2. The molecule has 2 aliphatic rings. The molecule has 1 aliphatic heterocycles. The quantitative estimate of drug-likeness (QED) is 0.639. The number of hydrogen-bond acceptors (Lipinski definition) is 4. The van der Waals surface area contributed by atoms with Gasteiger partial charge in [0.15, 0.2) is 0 Å². The minimum atomic E-state index is -0.650. The molecule has 2 aromatic carbocycles. The van der Waals surface area contributed by atoms with E-state index in [1.165, 1.54) is 22.3 Å². The van der Waals surface area contributed by atoms with Gasteiger partial charge in [-0.2, -0.15) is 4.98 Å². The molecule has 1 aromatic heterocycles. The molecule has 1 aliphatic carbocycles. The van der Waals surface area contributed by atoms with Gasteiger partial charge >= 0.3 is 5.56 Å². The number of aromatic hydroxyl groups is 1. The van der Waals surface area contributed by atoms with Gasteiger partial charge in [-0.3, -0.25) is 4.79 Å². The van der Waals surface area contributed by atoms with E-state index in [4.69, 9.17) is 0 Å². The van der Waals surface area contributed by atoms with Crippen molar-refractivity contribution in [3.8, 4) is 5.75 Å². The number of rotatable bonds is 3. The first-order valence-corrected chi connectivity index (χ1v) is 11.5. The van der Waals surface area contributed by atoms with Crippen molar-refractivity contribution in [3.63, 3.8) is 0 Å². The molecule has 168 valence electrons. The third-order valence-corrected chi connectivity index (χ3v) is 7.10. The highest BCUT2D eigenvalue weighted by Crippen LogP contribution is 2.46. The summed E-state index contributed by atoms with van der Waals surface area (Å²) in [4.78, 5) is 18.9. The van der Waals surface area contributed by atoms with Crippen molar-refractivity contribution in [1.29, 1.82) is 0 Å². The zero-order chi connectivity index (χ0) is 23.3. The van der Waals surface area contributed by atoms with Gasteiger partial charge in [0.1, 0.15) is 11.5 Å². The number of aromatic nitrogens is 2. The summed E-state index contributed by atoms with van der Waals surface area (Å²) in [5.74, 6) is 0.133. The molecule has 1 N–H and O–H groups in total. The van der Waals surface area contributed by atoms with Crippen molar-refractivity contribution in [2.75, 3.05) is 6.54 Å². The van der Waals surface area contributed by atoms with Crippen molar-refractivity contribution in [3.05, 3.63) is 106 Å². The first-order valence-electron chi connectivity index (χ1n) is 11.5. The molecule has 0 saturated carbocycles. The predicted octanol–water partition coefficient (Wildman–Crippen LogP) is 4.76. The van der Waals surface area contributed by atoms with E-state index in [0.29, 0.717) is 23.8 Å². The van der Waals surface area contributed by atoms with Gasteiger partial charge in [0.2, 0.25) is 5.75 Å². The number of fused-ring (bicyclic) bond motifs is 3. The Hall–Kier alpha value is -3.60. The van der Waals surface area contributed by atoms with E-state index >= 15 is 0 Å². The SMILES string of the molecule is C=Cc1nc(=O)c(O)c2n1C(C1c3ccccc3CCc3ccccc31)CN(C(C)C)C2=C. The average Bonchev–Trinajstić information content (AvgIpc) is 2.98. The molecule has 0 fully saturated rings. The van der Waals surface area contributed by atoms with Crippen LogP contribution in [0.15, 0.2) is 66.5 Å². The Morgan fingerprint density at radius 3 is 2.18 bits per heavy atom. The smallest absolute Gasteiger partial charge is 0.316 e. The highest BCUT2D eigenvalue weighted by molar-refractivity contribution is 5.67. The third-order valence-electron chi connectivity index (χ3n) is 7.10. The summed E-state index contributed by atoms with van der Waals surface area (Å²) in [6.45, 7) is 13.1. The van der Waals surface area contributed by atoms with Crippen LogP contribution in [0.25, 0.3) is 11.8 Å². The Morgan fingerprint density at radius 2 is 1.64 bits per heavy atom. The number of benzene rings is 2. The van der Waals surface area contributed by atoms with Crippen LogP contribution in [-0.2, 0) is 12.8 Å². The van der Waals surface area contributed by atoms with Crippen LogP contribution < -0.4 is 5.56 Å². The van der Waals surface area contributed by atoms with E-state index in [-0.39, 0.29) is 23.8 Å². The molecule has 2 heterocycles.